The molecule has 1 aromatic heterocycles. The SMILES string of the molecule is Cc1cccnc1C(=O)NCCCCN=[N+]=[N-]. The Balaban J connectivity index is 2.31. The first-order chi connectivity index (χ1) is 8.25. The van der Waals surface area contributed by atoms with Crippen LogP contribution < -0.4 is 5.32 Å². The van der Waals surface area contributed by atoms with Crippen molar-refractivity contribution in [3.05, 3.63) is 40.0 Å². The Kier molecular flexibility index (Phi) is 5.54. The minimum absolute atomic E-state index is 0.160. The second-order valence-electron chi connectivity index (χ2n) is 3.59. The predicted octanol–water partition coefficient (Wildman–Crippen LogP) is 2.21. The van der Waals surface area contributed by atoms with Crippen LogP contribution in [0.1, 0.15) is 28.9 Å². The zero-order valence-electron chi connectivity index (χ0n) is 9.76. The Morgan fingerprint density at radius 2 is 2.41 bits per heavy atom. The van der Waals surface area contributed by atoms with Crippen LogP contribution in [0.25, 0.3) is 10.4 Å². The lowest BCUT2D eigenvalue weighted by molar-refractivity contribution is 0.0947. The highest BCUT2D eigenvalue weighted by Crippen LogP contribution is 2.02. The van der Waals surface area contributed by atoms with Gasteiger partial charge in [0.05, 0.1) is 0 Å². The molecule has 0 aliphatic rings. The maximum atomic E-state index is 11.7. The van der Waals surface area contributed by atoms with Crippen molar-refractivity contribution >= 4 is 5.91 Å². The van der Waals surface area contributed by atoms with E-state index in [0.29, 0.717) is 18.8 Å². The highest BCUT2D eigenvalue weighted by molar-refractivity contribution is 5.93. The van der Waals surface area contributed by atoms with Crippen LogP contribution in [0.5, 0.6) is 0 Å². The number of hydrogen-bond donors (Lipinski definition) is 1. The van der Waals surface area contributed by atoms with Crippen molar-refractivity contribution < 1.29 is 4.79 Å². The van der Waals surface area contributed by atoms with E-state index in [9.17, 15) is 4.79 Å². The molecule has 0 saturated heterocycles. The molecule has 90 valence electrons. The van der Waals surface area contributed by atoms with E-state index in [1.807, 2.05) is 13.0 Å². The van der Waals surface area contributed by atoms with E-state index >= 15 is 0 Å². The second-order valence-corrected chi connectivity index (χ2v) is 3.59. The van der Waals surface area contributed by atoms with Crippen molar-refractivity contribution in [2.75, 3.05) is 13.1 Å². The molecule has 1 amide bonds. The second kappa shape index (κ2) is 7.24. The summed E-state index contributed by atoms with van der Waals surface area (Å²) in [6, 6.07) is 3.65. The van der Waals surface area contributed by atoms with Gasteiger partial charge in [-0.2, -0.15) is 0 Å². The van der Waals surface area contributed by atoms with Gasteiger partial charge in [-0.25, -0.2) is 0 Å². The molecule has 0 bridgehead atoms. The van der Waals surface area contributed by atoms with Crippen molar-refractivity contribution in [2.45, 2.75) is 19.8 Å². The Bertz CT molecular complexity index is 426. The molecule has 1 heterocycles. The Hall–Kier alpha value is -2.07. The minimum Gasteiger partial charge on any atom is -0.351 e. The number of rotatable bonds is 6. The van der Waals surface area contributed by atoms with E-state index in [0.717, 1.165) is 18.4 Å². The number of unbranched alkanes of at least 4 members (excludes halogenated alkanes) is 1. The molecule has 0 aliphatic carbocycles. The van der Waals surface area contributed by atoms with Crippen LogP contribution in [0.4, 0.5) is 0 Å². The fourth-order valence-corrected chi connectivity index (χ4v) is 1.36. The number of nitrogens with zero attached hydrogens (tertiary/aromatic N) is 4. The molecule has 6 heteroatoms. The van der Waals surface area contributed by atoms with Gasteiger partial charge in [-0.05, 0) is 36.9 Å². The summed E-state index contributed by atoms with van der Waals surface area (Å²) in [5.74, 6) is -0.160. The molecular weight excluding hydrogens is 218 g/mol. The van der Waals surface area contributed by atoms with E-state index in [-0.39, 0.29) is 5.91 Å². The van der Waals surface area contributed by atoms with Gasteiger partial charge < -0.3 is 5.32 Å². The van der Waals surface area contributed by atoms with Gasteiger partial charge in [0.15, 0.2) is 0 Å². The number of nitrogens with one attached hydrogen (secondary N) is 1. The van der Waals surface area contributed by atoms with Gasteiger partial charge in [-0.3, -0.25) is 9.78 Å². The normalized spacial score (nSPS) is 9.47. The molecule has 0 atom stereocenters. The Morgan fingerprint density at radius 3 is 3.12 bits per heavy atom. The zero-order chi connectivity index (χ0) is 12.5. The number of aromatic nitrogens is 1. The zero-order valence-corrected chi connectivity index (χ0v) is 9.76. The fraction of sp³-hybridized carbons (Fsp3) is 0.455. The summed E-state index contributed by atoms with van der Waals surface area (Å²) < 4.78 is 0. The molecule has 1 aromatic rings. The van der Waals surface area contributed by atoms with Crippen LogP contribution >= 0.6 is 0 Å². The third-order valence-corrected chi connectivity index (χ3v) is 2.26. The fourth-order valence-electron chi connectivity index (χ4n) is 1.36. The van der Waals surface area contributed by atoms with E-state index < -0.39 is 0 Å². The van der Waals surface area contributed by atoms with Crippen LogP contribution in [0.15, 0.2) is 23.4 Å². The largest absolute Gasteiger partial charge is 0.351 e. The van der Waals surface area contributed by atoms with Crippen molar-refractivity contribution in [1.29, 1.82) is 0 Å². The number of azide groups is 1. The van der Waals surface area contributed by atoms with Gasteiger partial charge in [0.25, 0.3) is 5.91 Å². The molecule has 0 aliphatic heterocycles. The first-order valence-electron chi connectivity index (χ1n) is 5.46. The smallest absolute Gasteiger partial charge is 0.270 e. The van der Waals surface area contributed by atoms with Gasteiger partial charge >= 0.3 is 0 Å². The monoisotopic (exact) mass is 233 g/mol. The third-order valence-electron chi connectivity index (χ3n) is 2.26. The van der Waals surface area contributed by atoms with Gasteiger partial charge in [0.1, 0.15) is 5.69 Å². The minimum atomic E-state index is -0.160. The summed E-state index contributed by atoms with van der Waals surface area (Å²) in [7, 11) is 0. The lowest BCUT2D eigenvalue weighted by Crippen LogP contribution is -2.26. The molecule has 1 N–H and O–H groups in total. The Labute approximate surface area is 99.7 Å². The van der Waals surface area contributed by atoms with Crippen molar-refractivity contribution in [2.24, 2.45) is 5.11 Å². The Morgan fingerprint density at radius 1 is 1.59 bits per heavy atom. The van der Waals surface area contributed by atoms with Crippen molar-refractivity contribution in [3.8, 4) is 0 Å². The average Bonchev–Trinajstić information content (AvgIpc) is 2.34. The molecule has 0 spiro atoms. The first kappa shape index (κ1) is 13.0. The summed E-state index contributed by atoms with van der Waals surface area (Å²) in [6.45, 7) is 2.88. The van der Waals surface area contributed by atoms with Gasteiger partial charge in [0.2, 0.25) is 0 Å². The highest BCUT2D eigenvalue weighted by atomic mass is 16.1. The molecule has 1 rings (SSSR count). The van der Waals surface area contributed by atoms with Gasteiger partial charge in [-0.15, -0.1) is 0 Å². The van der Waals surface area contributed by atoms with Crippen LogP contribution in [0, 0.1) is 6.92 Å². The molecule has 0 unspecified atom stereocenters. The van der Waals surface area contributed by atoms with Gasteiger partial charge in [-0.1, -0.05) is 11.2 Å². The van der Waals surface area contributed by atoms with Crippen molar-refractivity contribution in [1.82, 2.24) is 10.3 Å². The number of aryl methyl sites for hydroxylation is 1. The first-order valence-corrected chi connectivity index (χ1v) is 5.46. The summed E-state index contributed by atoms with van der Waals surface area (Å²) >= 11 is 0. The molecule has 17 heavy (non-hydrogen) atoms. The quantitative estimate of drug-likeness (QED) is 0.353. The highest BCUT2D eigenvalue weighted by Gasteiger charge is 2.08. The number of amides is 1. The summed E-state index contributed by atoms with van der Waals surface area (Å²) in [5, 5.41) is 6.20. The summed E-state index contributed by atoms with van der Waals surface area (Å²) in [4.78, 5) is 18.4. The van der Waals surface area contributed by atoms with E-state index in [4.69, 9.17) is 5.53 Å². The van der Waals surface area contributed by atoms with Crippen LogP contribution in [-0.2, 0) is 0 Å². The number of hydrogen-bond acceptors (Lipinski definition) is 3. The molecule has 0 radical (unpaired) electrons. The van der Waals surface area contributed by atoms with E-state index in [2.05, 4.69) is 20.3 Å². The maximum Gasteiger partial charge on any atom is 0.270 e. The van der Waals surface area contributed by atoms with Crippen LogP contribution in [-0.4, -0.2) is 24.0 Å². The van der Waals surface area contributed by atoms with Crippen molar-refractivity contribution in [3.63, 3.8) is 0 Å². The summed E-state index contributed by atoms with van der Waals surface area (Å²) in [6.07, 6.45) is 3.16. The molecule has 0 aromatic carbocycles. The average molecular weight is 233 g/mol. The molecule has 6 nitrogen and oxygen atoms in total. The lowest BCUT2D eigenvalue weighted by Gasteiger charge is -2.05. The maximum absolute atomic E-state index is 11.7. The molecule has 0 saturated carbocycles. The summed E-state index contributed by atoms with van der Waals surface area (Å²) in [5.41, 5.74) is 9.39. The standard InChI is InChI=1S/C11H15N5O/c1-9-5-4-7-13-10(9)11(17)14-6-2-3-8-15-16-12/h4-5,7H,2-3,6,8H2,1H3,(H,14,17). The number of pyridine rings is 1. The molecular formula is C11H15N5O. The predicted molar refractivity (Wildman–Crippen MR) is 64.6 cm³/mol. The molecule has 0 fully saturated rings. The topological polar surface area (TPSA) is 90.8 Å². The third kappa shape index (κ3) is 4.53. The lowest BCUT2D eigenvalue weighted by atomic mass is 10.2. The number of carbonyl (C=O) groups is 1. The van der Waals surface area contributed by atoms with Crippen LogP contribution in [0.3, 0.4) is 0 Å². The van der Waals surface area contributed by atoms with E-state index in [1.54, 1.807) is 12.3 Å². The number of carbonyl (C=O) groups excluding carboxylic acids is 1. The van der Waals surface area contributed by atoms with E-state index in [1.165, 1.54) is 0 Å². The van der Waals surface area contributed by atoms with Crippen LogP contribution in [0.2, 0.25) is 0 Å². The van der Waals surface area contributed by atoms with Gasteiger partial charge in [0, 0.05) is 24.2 Å².